The summed E-state index contributed by atoms with van der Waals surface area (Å²) in [6.45, 7) is 1.50. The molecule has 4 aromatic rings. The monoisotopic (exact) mass is 433 g/mol. The molecule has 0 bridgehead atoms. The molecule has 1 amide bonds. The lowest BCUT2D eigenvalue weighted by Gasteiger charge is -2.10. The van der Waals surface area contributed by atoms with Crippen molar-refractivity contribution < 1.29 is 9.53 Å². The van der Waals surface area contributed by atoms with Crippen LogP contribution in [0, 0.1) is 0 Å². The average molecular weight is 434 g/mol. The van der Waals surface area contributed by atoms with E-state index in [1.165, 1.54) is 16.9 Å². The number of thiophene rings is 1. The number of para-hydroxylation sites is 2. The van der Waals surface area contributed by atoms with E-state index in [4.69, 9.17) is 9.72 Å². The number of benzene rings is 2. The number of aromatic nitrogens is 2. The first-order chi connectivity index (χ1) is 15.2. The third-order valence-electron chi connectivity index (χ3n) is 5.34. The fourth-order valence-corrected chi connectivity index (χ4v) is 4.33. The molecule has 0 radical (unpaired) electrons. The van der Waals surface area contributed by atoms with Crippen LogP contribution in [0.2, 0.25) is 0 Å². The summed E-state index contributed by atoms with van der Waals surface area (Å²) in [4.78, 5) is 17.7. The van der Waals surface area contributed by atoms with Crippen molar-refractivity contribution in [2.45, 2.75) is 32.2 Å². The molecule has 0 unspecified atom stereocenters. The Morgan fingerprint density at radius 2 is 1.87 bits per heavy atom. The van der Waals surface area contributed by atoms with Gasteiger partial charge in [0.25, 0.3) is 5.91 Å². The number of methoxy groups -OCH3 is 1. The quantitative estimate of drug-likeness (QED) is 0.345. The van der Waals surface area contributed by atoms with E-state index >= 15 is 0 Å². The van der Waals surface area contributed by atoms with E-state index in [1.54, 1.807) is 7.11 Å². The van der Waals surface area contributed by atoms with Crippen molar-refractivity contribution in [3.8, 4) is 5.75 Å². The predicted octanol–water partition coefficient (Wildman–Crippen LogP) is 5.30. The van der Waals surface area contributed by atoms with Gasteiger partial charge in [-0.1, -0.05) is 36.8 Å². The van der Waals surface area contributed by atoms with Crippen LogP contribution in [-0.4, -0.2) is 29.1 Å². The number of hydrogen-bond donors (Lipinski definition) is 1. The van der Waals surface area contributed by atoms with Crippen molar-refractivity contribution in [1.82, 2.24) is 14.9 Å². The lowest BCUT2D eigenvalue weighted by molar-refractivity contribution is 0.0957. The first-order valence-corrected chi connectivity index (χ1v) is 11.5. The molecule has 0 saturated carbocycles. The van der Waals surface area contributed by atoms with Gasteiger partial charge in [-0.2, -0.15) is 0 Å². The third kappa shape index (κ3) is 5.33. The number of nitrogens with one attached hydrogen (secondary N) is 1. The summed E-state index contributed by atoms with van der Waals surface area (Å²) in [5, 5.41) is 4.92. The van der Waals surface area contributed by atoms with Crippen LogP contribution in [-0.2, 0) is 13.0 Å². The largest absolute Gasteiger partial charge is 0.497 e. The maximum atomic E-state index is 12.0. The Bertz CT molecular complexity index is 1120. The van der Waals surface area contributed by atoms with Crippen molar-refractivity contribution in [3.05, 3.63) is 82.3 Å². The maximum absolute atomic E-state index is 12.0. The first kappa shape index (κ1) is 21.1. The standard InChI is InChI=1S/C25H27N3O2S/c1-30-20-14-12-19(13-15-20)18-28-22-9-5-4-8-21(22)27-24(28)11-3-2-6-16-26-25(29)23-10-7-17-31-23/h4-5,7-10,12-15,17H,2-3,6,11,16,18H2,1H3,(H,26,29). The molecule has 2 heterocycles. The zero-order valence-corrected chi connectivity index (χ0v) is 18.5. The van der Waals surface area contributed by atoms with Crippen LogP contribution < -0.4 is 10.1 Å². The third-order valence-corrected chi connectivity index (χ3v) is 6.21. The van der Waals surface area contributed by atoms with Crippen molar-refractivity contribution >= 4 is 28.3 Å². The van der Waals surface area contributed by atoms with Crippen LogP contribution in [0.25, 0.3) is 11.0 Å². The van der Waals surface area contributed by atoms with Gasteiger partial charge in [0.1, 0.15) is 11.6 Å². The molecule has 0 fully saturated rings. The number of rotatable bonds is 10. The van der Waals surface area contributed by atoms with E-state index in [2.05, 4.69) is 40.2 Å². The molecule has 0 saturated heterocycles. The van der Waals surface area contributed by atoms with Gasteiger partial charge in [0.15, 0.2) is 0 Å². The minimum absolute atomic E-state index is 0.0243. The van der Waals surface area contributed by atoms with Crippen LogP contribution >= 0.6 is 11.3 Å². The first-order valence-electron chi connectivity index (χ1n) is 10.6. The fourth-order valence-electron chi connectivity index (χ4n) is 3.69. The zero-order valence-electron chi connectivity index (χ0n) is 17.7. The number of amides is 1. The Hall–Kier alpha value is -3.12. The number of unbranched alkanes of at least 4 members (excludes halogenated alkanes) is 2. The van der Waals surface area contributed by atoms with Gasteiger partial charge < -0.3 is 14.6 Å². The van der Waals surface area contributed by atoms with E-state index in [-0.39, 0.29) is 5.91 Å². The summed E-state index contributed by atoms with van der Waals surface area (Å²) in [5.41, 5.74) is 3.42. The van der Waals surface area contributed by atoms with E-state index in [1.807, 2.05) is 35.7 Å². The number of ether oxygens (including phenoxy) is 1. The van der Waals surface area contributed by atoms with E-state index in [9.17, 15) is 4.79 Å². The molecule has 2 aromatic heterocycles. The summed E-state index contributed by atoms with van der Waals surface area (Å²) >= 11 is 1.47. The molecule has 0 aliphatic heterocycles. The number of carbonyl (C=O) groups excluding carboxylic acids is 1. The number of hydrogen-bond acceptors (Lipinski definition) is 4. The van der Waals surface area contributed by atoms with Gasteiger partial charge in [0, 0.05) is 19.5 Å². The summed E-state index contributed by atoms with van der Waals surface area (Å²) in [5.74, 6) is 2.00. The minimum Gasteiger partial charge on any atom is -0.497 e. The molecular weight excluding hydrogens is 406 g/mol. The highest BCUT2D eigenvalue weighted by atomic mass is 32.1. The Kier molecular flexibility index (Phi) is 6.99. The molecule has 2 aromatic carbocycles. The van der Waals surface area contributed by atoms with Crippen LogP contribution in [0.4, 0.5) is 0 Å². The Labute approximate surface area is 186 Å². The number of aryl methyl sites for hydroxylation is 1. The van der Waals surface area contributed by atoms with Crippen molar-refractivity contribution in [3.63, 3.8) is 0 Å². The molecule has 31 heavy (non-hydrogen) atoms. The Morgan fingerprint density at radius 1 is 1.03 bits per heavy atom. The lowest BCUT2D eigenvalue weighted by atomic mass is 10.1. The lowest BCUT2D eigenvalue weighted by Crippen LogP contribution is -2.23. The molecular formula is C25H27N3O2S. The molecule has 5 nitrogen and oxygen atoms in total. The fraction of sp³-hybridized carbons (Fsp3) is 0.280. The Morgan fingerprint density at radius 3 is 2.65 bits per heavy atom. The minimum atomic E-state index is 0.0243. The van der Waals surface area contributed by atoms with Crippen molar-refractivity contribution in [2.24, 2.45) is 0 Å². The summed E-state index contributed by atoms with van der Waals surface area (Å²) in [7, 11) is 1.68. The van der Waals surface area contributed by atoms with Gasteiger partial charge in [-0.3, -0.25) is 4.79 Å². The van der Waals surface area contributed by atoms with Gasteiger partial charge in [0.05, 0.1) is 23.0 Å². The predicted molar refractivity (Wildman–Crippen MR) is 126 cm³/mol. The molecule has 0 aliphatic carbocycles. The smallest absolute Gasteiger partial charge is 0.261 e. The molecule has 1 N–H and O–H groups in total. The summed E-state index contributed by atoms with van der Waals surface area (Å²) < 4.78 is 7.59. The van der Waals surface area contributed by atoms with Crippen molar-refractivity contribution in [2.75, 3.05) is 13.7 Å². The molecule has 6 heteroatoms. The maximum Gasteiger partial charge on any atom is 0.261 e. The molecule has 0 aliphatic rings. The molecule has 0 spiro atoms. The normalized spacial score (nSPS) is 11.0. The van der Waals surface area contributed by atoms with Crippen molar-refractivity contribution in [1.29, 1.82) is 0 Å². The summed E-state index contributed by atoms with van der Waals surface area (Å²) in [6.07, 6.45) is 3.98. The number of imidazole rings is 1. The molecule has 160 valence electrons. The zero-order chi connectivity index (χ0) is 21.5. The van der Waals surface area contributed by atoms with Gasteiger partial charge in [0.2, 0.25) is 0 Å². The summed E-state index contributed by atoms with van der Waals surface area (Å²) in [6, 6.07) is 20.3. The van der Waals surface area contributed by atoms with Crippen LogP contribution in [0.3, 0.4) is 0 Å². The highest BCUT2D eigenvalue weighted by Crippen LogP contribution is 2.21. The van der Waals surface area contributed by atoms with E-state index in [0.29, 0.717) is 6.54 Å². The second-order valence-electron chi connectivity index (χ2n) is 7.49. The van der Waals surface area contributed by atoms with Crippen LogP contribution in [0.1, 0.15) is 40.3 Å². The van der Waals surface area contributed by atoms with Gasteiger partial charge in [-0.25, -0.2) is 4.98 Å². The van der Waals surface area contributed by atoms with E-state index < -0.39 is 0 Å². The molecule has 4 rings (SSSR count). The topological polar surface area (TPSA) is 56.1 Å². The highest BCUT2D eigenvalue weighted by molar-refractivity contribution is 7.12. The molecule has 0 atom stereocenters. The number of nitrogens with zero attached hydrogens (tertiary/aromatic N) is 2. The number of fused-ring (bicyclic) bond motifs is 1. The van der Waals surface area contributed by atoms with Gasteiger partial charge in [-0.05, 0) is 54.1 Å². The second kappa shape index (κ2) is 10.3. The SMILES string of the molecule is COc1ccc(Cn2c(CCCCCNC(=O)c3cccs3)nc3ccccc32)cc1. The second-order valence-corrected chi connectivity index (χ2v) is 8.44. The van der Waals surface area contributed by atoms with E-state index in [0.717, 1.165) is 59.7 Å². The number of carbonyl (C=O) groups is 1. The van der Waals surface area contributed by atoms with Crippen LogP contribution in [0.5, 0.6) is 5.75 Å². The Balaban J connectivity index is 1.34. The average Bonchev–Trinajstić information content (AvgIpc) is 3.45. The van der Waals surface area contributed by atoms with Gasteiger partial charge >= 0.3 is 0 Å². The van der Waals surface area contributed by atoms with Crippen LogP contribution in [0.15, 0.2) is 66.0 Å². The highest BCUT2D eigenvalue weighted by Gasteiger charge is 2.11. The van der Waals surface area contributed by atoms with Gasteiger partial charge in [-0.15, -0.1) is 11.3 Å².